The first-order valence-corrected chi connectivity index (χ1v) is 13.4. The second kappa shape index (κ2) is 10.3. The molecule has 0 radical (unpaired) electrons. The zero-order chi connectivity index (χ0) is 23.4. The number of hydrogen-bond donors (Lipinski definition) is 3. The lowest BCUT2D eigenvalue weighted by Gasteiger charge is -2.30. The summed E-state index contributed by atoms with van der Waals surface area (Å²) < 4.78 is 32.6. The lowest BCUT2D eigenvalue weighted by Crippen LogP contribution is -2.41. The van der Waals surface area contributed by atoms with Crippen molar-refractivity contribution >= 4 is 38.5 Å². The molecule has 33 heavy (non-hydrogen) atoms. The average Bonchev–Trinajstić information content (AvgIpc) is 3.22. The van der Waals surface area contributed by atoms with Gasteiger partial charge in [-0.05, 0) is 55.9 Å². The molecule has 3 heterocycles. The lowest BCUT2D eigenvalue weighted by molar-refractivity contribution is 0.387. The van der Waals surface area contributed by atoms with Crippen LogP contribution >= 0.6 is 11.6 Å². The molecule has 1 aliphatic rings. The summed E-state index contributed by atoms with van der Waals surface area (Å²) in [6.07, 6.45) is 8.45. The highest BCUT2D eigenvalue weighted by molar-refractivity contribution is 7.89. The SMILES string of the molecule is CCCCS(=O)(=O)NC1CCC(Nc2cc(-c3c[nH]c4ncc(OC)cc34)cc(Cl)n2)CC1. The van der Waals surface area contributed by atoms with E-state index in [-0.39, 0.29) is 17.8 Å². The van der Waals surface area contributed by atoms with E-state index in [1.54, 1.807) is 13.3 Å². The fourth-order valence-corrected chi connectivity index (χ4v) is 6.01. The first kappa shape index (κ1) is 23.8. The van der Waals surface area contributed by atoms with Gasteiger partial charge in [-0.1, -0.05) is 24.9 Å². The summed E-state index contributed by atoms with van der Waals surface area (Å²) in [5.41, 5.74) is 2.66. The van der Waals surface area contributed by atoms with Crippen LogP contribution in [-0.2, 0) is 10.0 Å². The van der Waals surface area contributed by atoms with Crippen molar-refractivity contribution in [1.29, 1.82) is 0 Å². The number of nitrogens with zero attached hydrogens (tertiary/aromatic N) is 2. The van der Waals surface area contributed by atoms with Gasteiger partial charge in [0.2, 0.25) is 10.0 Å². The van der Waals surface area contributed by atoms with Crippen LogP contribution in [0.1, 0.15) is 45.4 Å². The van der Waals surface area contributed by atoms with E-state index < -0.39 is 10.0 Å². The van der Waals surface area contributed by atoms with E-state index in [2.05, 4.69) is 25.0 Å². The smallest absolute Gasteiger partial charge is 0.211 e. The van der Waals surface area contributed by atoms with Crippen LogP contribution in [0, 0.1) is 0 Å². The summed E-state index contributed by atoms with van der Waals surface area (Å²) in [7, 11) is -1.58. The molecule has 0 atom stereocenters. The fourth-order valence-electron chi connectivity index (χ4n) is 4.27. The molecule has 1 fully saturated rings. The number of pyridine rings is 2. The van der Waals surface area contributed by atoms with Crippen molar-refractivity contribution in [1.82, 2.24) is 19.7 Å². The van der Waals surface area contributed by atoms with Crippen molar-refractivity contribution in [3.8, 4) is 16.9 Å². The van der Waals surface area contributed by atoms with Crippen molar-refractivity contribution in [2.24, 2.45) is 0 Å². The highest BCUT2D eigenvalue weighted by atomic mass is 35.5. The summed E-state index contributed by atoms with van der Waals surface area (Å²) >= 11 is 6.35. The normalized spacial score (nSPS) is 19.0. The molecule has 3 aromatic rings. The number of rotatable bonds is 9. The number of halogens is 1. The van der Waals surface area contributed by atoms with Gasteiger partial charge in [0.25, 0.3) is 0 Å². The van der Waals surface area contributed by atoms with E-state index in [0.29, 0.717) is 23.1 Å². The van der Waals surface area contributed by atoms with Crippen LogP contribution in [0.2, 0.25) is 5.15 Å². The van der Waals surface area contributed by atoms with Crippen LogP contribution in [0.4, 0.5) is 5.82 Å². The maximum Gasteiger partial charge on any atom is 0.211 e. The number of methoxy groups -OCH3 is 1. The molecule has 0 spiro atoms. The zero-order valence-corrected chi connectivity index (χ0v) is 20.5. The van der Waals surface area contributed by atoms with Gasteiger partial charge in [0.05, 0.1) is 19.1 Å². The Morgan fingerprint density at radius 3 is 2.67 bits per heavy atom. The maximum absolute atomic E-state index is 12.2. The van der Waals surface area contributed by atoms with E-state index in [0.717, 1.165) is 54.3 Å². The largest absolute Gasteiger partial charge is 0.495 e. The summed E-state index contributed by atoms with van der Waals surface area (Å²) in [4.78, 5) is 12.0. The monoisotopic (exact) mass is 491 g/mol. The summed E-state index contributed by atoms with van der Waals surface area (Å²) in [5.74, 6) is 1.59. The van der Waals surface area contributed by atoms with Gasteiger partial charge in [0, 0.05) is 29.2 Å². The molecule has 0 saturated heterocycles. The Bertz CT molecular complexity index is 1210. The van der Waals surface area contributed by atoms with E-state index in [4.69, 9.17) is 16.3 Å². The minimum absolute atomic E-state index is 0.00138. The standard InChI is InChI=1S/C23H30ClN5O3S/c1-3-4-9-33(30,31)29-17-7-5-16(6-8-17)27-22-11-15(10-21(24)28-22)20-14-26-23-19(20)12-18(32-2)13-25-23/h10-14,16-17,29H,3-9H2,1-2H3,(H,25,26)(H,27,28). The van der Waals surface area contributed by atoms with Gasteiger partial charge in [0.1, 0.15) is 22.4 Å². The number of H-pyrrole nitrogens is 1. The number of unbranched alkanes of at least 4 members (excludes halogenated alkanes) is 1. The molecule has 3 aromatic heterocycles. The van der Waals surface area contributed by atoms with Crippen molar-refractivity contribution in [2.45, 2.75) is 57.5 Å². The number of aromatic amines is 1. The van der Waals surface area contributed by atoms with Gasteiger partial charge in [-0.15, -0.1) is 0 Å². The summed E-state index contributed by atoms with van der Waals surface area (Å²) in [6.45, 7) is 1.99. The quantitative estimate of drug-likeness (QED) is 0.373. The van der Waals surface area contributed by atoms with Gasteiger partial charge >= 0.3 is 0 Å². The number of anilines is 1. The number of aromatic nitrogens is 3. The molecule has 1 aliphatic carbocycles. The highest BCUT2D eigenvalue weighted by Gasteiger charge is 2.25. The molecule has 178 valence electrons. The second-order valence-corrected chi connectivity index (χ2v) is 10.8. The molecule has 0 bridgehead atoms. The summed E-state index contributed by atoms with van der Waals surface area (Å²) in [6, 6.07) is 5.97. The Hall–Kier alpha value is -2.36. The minimum Gasteiger partial charge on any atom is -0.495 e. The van der Waals surface area contributed by atoms with Gasteiger partial charge in [0.15, 0.2) is 0 Å². The van der Waals surface area contributed by atoms with Crippen LogP contribution < -0.4 is 14.8 Å². The zero-order valence-electron chi connectivity index (χ0n) is 18.9. The number of hydrogen-bond acceptors (Lipinski definition) is 6. The number of sulfonamides is 1. The molecular formula is C23H30ClN5O3S. The van der Waals surface area contributed by atoms with Crippen molar-refractivity contribution in [2.75, 3.05) is 18.2 Å². The molecule has 8 nitrogen and oxygen atoms in total. The Morgan fingerprint density at radius 1 is 1.18 bits per heavy atom. The topological polar surface area (TPSA) is 109 Å². The molecule has 10 heteroatoms. The predicted octanol–water partition coefficient (Wildman–Crippen LogP) is 4.73. The minimum atomic E-state index is -3.20. The Kier molecular flexibility index (Phi) is 7.41. The summed E-state index contributed by atoms with van der Waals surface area (Å²) in [5, 5.41) is 4.83. The van der Waals surface area contributed by atoms with Gasteiger partial charge in [-0.25, -0.2) is 23.1 Å². The number of ether oxygens (including phenoxy) is 1. The fraction of sp³-hybridized carbons (Fsp3) is 0.478. The van der Waals surface area contributed by atoms with Crippen LogP contribution in [0.15, 0.2) is 30.6 Å². The molecule has 0 aromatic carbocycles. The first-order chi connectivity index (χ1) is 15.9. The lowest BCUT2D eigenvalue weighted by atomic mass is 9.92. The van der Waals surface area contributed by atoms with Crippen LogP contribution in [0.3, 0.4) is 0 Å². The highest BCUT2D eigenvalue weighted by Crippen LogP contribution is 2.33. The molecule has 0 aliphatic heterocycles. The Morgan fingerprint density at radius 2 is 1.94 bits per heavy atom. The predicted molar refractivity (Wildman–Crippen MR) is 132 cm³/mol. The molecule has 0 unspecified atom stereocenters. The van der Waals surface area contributed by atoms with Crippen LogP contribution in [0.25, 0.3) is 22.2 Å². The van der Waals surface area contributed by atoms with E-state index in [1.165, 1.54) is 0 Å². The van der Waals surface area contributed by atoms with E-state index in [9.17, 15) is 8.42 Å². The molecule has 4 rings (SSSR count). The van der Waals surface area contributed by atoms with E-state index >= 15 is 0 Å². The maximum atomic E-state index is 12.2. The Labute approximate surface area is 199 Å². The van der Waals surface area contributed by atoms with Gasteiger partial charge < -0.3 is 15.0 Å². The van der Waals surface area contributed by atoms with Gasteiger partial charge in [-0.2, -0.15) is 0 Å². The van der Waals surface area contributed by atoms with Crippen molar-refractivity contribution < 1.29 is 13.2 Å². The van der Waals surface area contributed by atoms with Crippen LogP contribution in [-0.4, -0.2) is 48.3 Å². The number of fused-ring (bicyclic) bond motifs is 1. The second-order valence-electron chi connectivity index (χ2n) is 8.52. The molecule has 3 N–H and O–H groups in total. The third kappa shape index (κ3) is 5.96. The third-order valence-corrected chi connectivity index (χ3v) is 7.75. The van der Waals surface area contributed by atoms with Crippen molar-refractivity contribution in [3.05, 3.63) is 35.7 Å². The average molecular weight is 492 g/mol. The number of nitrogens with one attached hydrogen (secondary N) is 3. The Balaban J connectivity index is 1.44. The van der Waals surface area contributed by atoms with Gasteiger partial charge in [-0.3, -0.25) is 0 Å². The van der Waals surface area contributed by atoms with Crippen LogP contribution in [0.5, 0.6) is 5.75 Å². The van der Waals surface area contributed by atoms with Crippen molar-refractivity contribution in [3.63, 3.8) is 0 Å². The molecule has 1 saturated carbocycles. The molecular weight excluding hydrogens is 462 g/mol. The van der Waals surface area contributed by atoms with E-state index in [1.807, 2.05) is 31.3 Å². The third-order valence-electron chi connectivity index (χ3n) is 6.04. The first-order valence-electron chi connectivity index (χ1n) is 11.3. The molecule has 0 amide bonds.